The van der Waals surface area contributed by atoms with E-state index in [0.717, 1.165) is 6.42 Å². The summed E-state index contributed by atoms with van der Waals surface area (Å²) in [5.74, 6) is 0.0763. The Morgan fingerprint density at radius 1 is 1.88 bits per heavy atom. The summed E-state index contributed by atoms with van der Waals surface area (Å²) >= 11 is 2.02. The molecule has 0 fully saturated rings. The Labute approximate surface area is 63.2 Å². The standard InChI is InChI=1S/C5H9INO/c1-2-3-7-5(8)4-6/h3H,2,4H2,1H3,(H,7,8). The van der Waals surface area contributed by atoms with Crippen molar-refractivity contribution in [3.63, 3.8) is 0 Å². The van der Waals surface area contributed by atoms with E-state index in [-0.39, 0.29) is 5.91 Å². The topological polar surface area (TPSA) is 29.1 Å². The number of halogens is 1. The average Bonchev–Trinajstić information content (AvgIpc) is 1.83. The van der Waals surface area contributed by atoms with Crippen molar-refractivity contribution < 1.29 is 4.79 Å². The molecule has 0 heterocycles. The molecule has 0 rings (SSSR count). The number of amides is 1. The van der Waals surface area contributed by atoms with Crippen molar-refractivity contribution in [2.24, 2.45) is 0 Å². The van der Waals surface area contributed by atoms with Crippen molar-refractivity contribution in [1.82, 2.24) is 5.32 Å². The largest absolute Gasteiger partial charge is 0.351 e. The highest BCUT2D eigenvalue weighted by Gasteiger charge is 1.92. The van der Waals surface area contributed by atoms with Crippen molar-refractivity contribution in [3.05, 3.63) is 6.54 Å². The average molecular weight is 226 g/mol. The molecule has 0 saturated carbocycles. The SMILES string of the molecule is CC[CH]NC(=O)CI. The quantitative estimate of drug-likeness (QED) is 0.566. The van der Waals surface area contributed by atoms with Crippen LogP contribution >= 0.6 is 22.6 Å². The smallest absolute Gasteiger partial charge is 0.230 e. The number of rotatable bonds is 3. The lowest BCUT2D eigenvalue weighted by Crippen LogP contribution is -2.20. The Bertz CT molecular complexity index is 74.8. The molecule has 1 radical (unpaired) electrons. The predicted molar refractivity (Wildman–Crippen MR) is 41.6 cm³/mol. The Morgan fingerprint density at radius 2 is 2.50 bits per heavy atom. The van der Waals surface area contributed by atoms with E-state index in [1.807, 2.05) is 29.5 Å². The van der Waals surface area contributed by atoms with Crippen LogP contribution in [-0.2, 0) is 4.79 Å². The maximum absolute atomic E-state index is 10.4. The van der Waals surface area contributed by atoms with Crippen molar-refractivity contribution in [1.29, 1.82) is 0 Å². The fraction of sp³-hybridized carbons (Fsp3) is 0.600. The van der Waals surface area contributed by atoms with Gasteiger partial charge in [-0.25, -0.2) is 0 Å². The zero-order valence-electron chi connectivity index (χ0n) is 4.78. The molecule has 0 unspecified atom stereocenters. The van der Waals surface area contributed by atoms with Gasteiger partial charge in [0.1, 0.15) is 0 Å². The molecule has 1 N–H and O–H groups in total. The maximum atomic E-state index is 10.4. The molecule has 8 heavy (non-hydrogen) atoms. The van der Waals surface area contributed by atoms with E-state index >= 15 is 0 Å². The van der Waals surface area contributed by atoms with E-state index in [2.05, 4.69) is 5.32 Å². The first-order chi connectivity index (χ1) is 3.81. The first-order valence-electron chi connectivity index (χ1n) is 2.48. The van der Waals surface area contributed by atoms with Gasteiger partial charge in [0.2, 0.25) is 5.91 Å². The summed E-state index contributed by atoms with van der Waals surface area (Å²) in [4.78, 5) is 10.4. The zero-order chi connectivity index (χ0) is 6.41. The van der Waals surface area contributed by atoms with Crippen LogP contribution in [0, 0.1) is 6.54 Å². The van der Waals surface area contributed by atoms with Gasteiger partial charge >= 0.3 is 0 Å². The van der Waals surface area contributed by atoms with Crippen LogP contribution < -0.4 is 5.32 Å². The van der Waals surface area contributed by atoms with Gasteiger partial charge in [0.05, 0.1) is 4.43 Å². The lowest BCUT2D eigenvalue weighted by molar-refractivity contribution is -0.117. The van der Waals surface area contributed by atoms with Gasteiger partial charge in [-0.15, -0.1) is 0 Å². The highest BCUT2D eigenvalue weighted by atomic mass is 127. The zero-order valence-corrected chi connectivity index (χ0v) is 6.94. The normalized spacial score (nSPS) is 8.75. The fourth-order valence-corrected chi connectivity index (χ4v) is 0.475. The summed E-state index contributed by atoms with van der Waals surface area (Å²) in [6.45, 7) is 3.73. The van der Waals surface area contributed by atoms with E-state index in [1.54, 1.807) is 6.54 Å². The molecule has 1 amide bonds. The van der Waals surface area contributed by atoms with Crippen LogP contribution in [0.3, 0.4) is 0 Å². The van der Waals surface area contributed by atoms with Crippen molar-refractivity contribution >= 4 is 28.5 Å². The summed E-state index contributed by atoms with van der Waals surface area (Å²) in [6.07, 6.45) is 0.891. The van der Waals surface area contributed by atoms with E-state index in [1.165, 1.54) is 0 Å². The minimum absolute atomic E-state index is 0.0763. The molecule has 0 aliphatic heterocycles. The van der Waals surface area contributed by atoms with E-state index in [0.29, 0.717) is 4.43 Å². The van der Waals surface area contributed by atoms with Crippen LogP contribution in [0.1, 0.15) is 13.3 Å². The lowest BCUT2D eigenvalue weighted by Gasteiger charge is -1.95. The third-order valence-electron chi connectivity index (χ3n) is 0.589. The van der Waals surface area contributed by atoms with Crippen LogP contribution in [0.15, 0.2) is 0 Å². The molecular weight excluding hydrogens is 217 g/mol. The number of hydrogen-bond donors (Lipinski definition) is 1. The lowest BCUT2D eigenvalue weighted by atomic mass is 10.5. The third-order valence-corrected chi connectivity index (χ3v) is 1.28. The Kier molecular flexibility index (Phi) is 5.47. The molecule has 0 bridgehead atoms. The molecule has 2 nitrogen and oxygen atoms in total. The van der Waals surface area contributed by atoms with E-state index < -0.39 is 0 Å². The van der Waals surface area contributed by atoms with Gasteiger partial charge in [-0.05, 0) is 6.42 Å². The molecule has 0 aromatic heterocycles. The third kappa shape index (κ3) is 4.36. The van der Waals surface area contributed by atoms with Crippen LogP contribution in [-0.4, -0.2) is 10.3 Å². The van der Waals surface area contributed by atoms with Gasteiger partial charge in [0.15, 0.2) is 0 Å². The van der Waals surface area contributed by atoms with Crippen molar-refractivity contribution in [3.8, 4) is 0 Å². The van der Waals surface area contributed by atoms with Crippen LogP contribution in [0.2, 0.25) is 0 Å². The van der Waals surface area contributed by atoms with Crippen molar-refractivity contribution in [2.75, 3.05) is 4.43 Å². The Morgan fingerprint density at radius 3 is 2.88 bits per heavy atom. The van der Waals surface area contributed by atoms with Gasteiger partial charge in [0, 0.05) is 6.54 Å². The second-order valence-corrected chi connectivity index (χ2v) is 2.08. The molecule has 0 aliphatic rings. The number of nitrogens with one attached hydrogen (secondary N) is 1. The second-order valence-electron chi connectivity index (χ2n) is 1.31. The number of carbonyl (C=O) groups is 1. The molecular formula is C5H9INO. The van der Waals surface area contributed by atoms with E-state index in [9.17, 15) is 4.79 Å². The molecule has 0 aromatic carbocycles. The minimum Gasteiger partial charge on any atom is -0.351 e. The van der Waals surface area contributed by atoms with E-state index in [4.69, 9.17) is 0 Å². The molecule has 0 aromatic rings. The first-order valence-corrected chi connectivity index (χ1v) is 4.00. The molecule has 0 atom stereocenters. The van der Waals surface area contributed by atoms with Crippen molar-refractivity contribution in [2.45, 2.75) is 13.3 Å². The summed E-state index contributed by atoms with van der Waals surface area (Å²) in [5.41, 5.74) is 0. The second kappa shape index (κ2) is 5.34. The fourth-order valence-electron chi connectivity index (χ4n) is 0.254. The number of alkyl halides is 1. The summed E-state index contributed by atoms with van der Waals surface area (Å²) in [6, 6.07) is 0. The number of carbonyl (C=O) groups excluding carboxylic acids is 1. The maximum Gasteiger partial charge on any atom is 0.230 e. The molecule has 47 valence electrons. The molecule has 0 aliphatic carbocycles. The highest BCUT2D eigenvalue weighted by molar-refractivity contribution is 14.1. The monoisotopic (exact) mass is 226 g/mol. The van der Waals surface area contributed by atoms with Gasteiger partial charge in [-0.2, -0.15) is 0 Å². The van der Waals surface area contributed by atoms with Crippen LogP contribution in [0.5, 0.6) is 0 Å². The number of hydrogen-bond acceptors (Lipinski definition) is 1. The van der Waals surface area contributed by atoms with Gasteiger partial charge < -0.3 is 5.32 Å². The van der Waals surface area contributed by atoms with Crippen LogP contribution in [0.4, 0.5) is 0 Å². The Balaban J connectivity index is 2.99. The molecule has 0 saturated heterocycles. The predicted octanol–water partition coefficient (Wildman–Crippen LogP) is 1.11. The van der Waals surface area contributed by atoms with Crippen LogP contribution in [0.25, 0.3) is 0 Å². The first kappa shape index (κ1) is 8.20. The summed E-state index contributed by atoms with van der Waals surface area (Å²) < 4.78 is 0.536. The van der Waals surface area contributed by atoms with Gasteiger partial charge in [0.25, 0.3) is 0 Å². The molecule has 0 spiro atoms. The Hall–Kier alpha value is 0.200. The summed E-state index contributed by atoms with van der Waals surface area (Å²) in [7, 11) is 0. The minimum atomic E-state index is 0.0763. The van der Waals surface area contributed by atoms with Gasteiger partial charge in [-0.1, -0.05) is 29.5 Å². The summed E-state index contributed by atoms with van der Waals surface area (Å²) in [5, 5.41) is 2.61. The van der Waals surface area contributed by atoms with Gasteiger partial charge in [-0.3, -0.25) is 4.79 Å². The molecule has 3 heteroatoms. The highest BCUT2D eigenvalue weighted by Crippen LogP contribution is 1.82.